The summed E-state index contributed by atoms with van der Waals surface area (Å²) in [6.45, 7) is 2.68. The van der Waals surface area contributed by atoms with Crippen molar-refractivity contribution in [2.75, 3.05) is 31.7 Å². The van der Waals surface area contributed by atoms with E-state index in [0.717, 1.165) is 25.1 Å². The van der Waals surface area contributed by atoms with Gasteiger partial charge in [-0.25, -0.2) is 0 Å². The number of carbonyl (C=O) groups excluding carboxylic acids is 1. The van der Waals surface area contributed by atoms with Gasteiger partial charge in [0.05, 0.1) is 37.1 Å². The molecule has 0 bridgehead atoms. The smallest absolute Gasteiger partial charge is 0.229 e. The van der Waals surface area contributed by atoms with Gasteiger partial charge in [-0.15, -0.1) is 0 Å². The number of nitrogens with one attached hydrogen (secondary N) is 1. The summed E-state index contributed by atoms with van der Waals surface area (Å²) in [5.41, 5.74) is 0.749. The maximum absolute atomic E-state index is 11.9. The Hall–Kier alpha value is -1.40. The molecule has 0 spiro atoms. The summed E-state index contributed by atoms with van der Waals surface area (Å²) < 4.78 is 12.4. The molecule has 0 aliphatic carbocycles. The van der Waals surface area contributed by atoms with Crippen LogP contribution >= 0.6 is 0 Å². The Kier molecular flexibility index (Phi) is 3.29. The number of amides is 1. The highest BCUT2D eigenvalue weighted by atomic mass is 16.5. The van der Waals surface area contributed by atoms with Crippen molar-refractivity contribution >= 4 is 11.6 Å². The highest BCUT2D eigenvalue weighted by molar-refractivity contribution is 5.92. The second-order valence-corrected chi connectivity index (χ2v) is 4.78. The average Bonchev–Trinajstić information content (AvgIpc) is 3.12. The number of hydrogen-bond acceptors (Lipinski definition) is 4. The zero-order chi connectivity index (χ0) is 12.4. The number of anilines is 1. The number of nitrogens with zero attached hydrogens (tertiary/aromatic N) is 2. The van der Waals surface area contributed by atoms with Gasteiger partial charge in [-0.1, -0.05) is 0 Å². The summed E-state index contributed by atoms with van der Waals surface area (Å²) >= 11 is 0. The first-order valence-electron chi connectivity index (χ1n) is 6.33. The molecular formula is C12H17N3O3. The standard InChI is InChI=1S/C12H17N3O3/c16-12(9-1-3-17-7-9)14-10-5-13-15(6-10)11-2-4-18-8-11/h5-6,9,11H,1-4,7-8H2,(H,14,16)/t9-,11-/m1/s1. The van der Waals surface area contributed by atoms with E-state index in [0.29, 0.717) is 25.9 Å². The Balaban J connectivity index is 1.60. The first-order chi connectivity index (χ1) is 8.83. The van der Waals surface area contributed by atoms with Crippen molar-refractivity contribution < 1.29 is 14.3 Å². The minimum atomic E-state index is -0.0248. The lowest BCUT2D eigenvalue weighted by atomic mass is 10.1. The lowest BCUT2D eigenvalue weighted by molar-refractivity contribution is -0.119. The van der Waals surface area contributed by atoms with Gasteiger partial charge < -0.3 is 14.8 Å². The van der Waals surface area contributed by atoms with Crippen LogP contribution in [0.15, 0.2) is 12.4 Å². The Bertz CT molecular complexity index is 420. The minimum Gasteiger partial charge on any atom is -0.381 e. The van der Waals surface area contributed by atoms with Crippen LogP contribution < -0.4 is 5.32 Å². The third-order valence-corrected chi connectivity index (χ3v) is 3.45. The third-order valence-electron chi connectivity index (χ3n) is 3.45. The van der Waals surface area contributed by atoms with Gasteiger partial charge in [0.15, 0.2) is 0 Å². The molecule has 1 aromatic rings. The van der Waals surface area contributed by atoms with Gasteiger partial charge in [0, 0.05) is 19.4 Å². The molecule has 1 amide bonds. The van der Waals surface area contributed by atoms with Gasteiger partial charge in [-0.3, -0.25) is 9.48 Å². The maximum Gasteiger partial charge on any atom is 0.229 e. The predicted octanol–water partition coefficient (Wildman–Crippen LogP) is 0.819. The molecule has 98 valence electrons. The molecule has 3 heterocycles. The highest BCUT2D eigenvalue weighted by Gasteiger charge is 2.24. The highest BCUT2D eigenvalue weighted by Crippen LogP contribution is 2.20. The summed E-state index contributed by atoms with van der Waals surface area (Å²) in [6, 6.07) is 0.297. The van der Waals surface area contributed by atoms with Crippen LogP contribution in [0.4, 0.5) is 5.69 Å². The van der Waals surface area contributed by atoms with Crippen LogP contribution in [0.25, 0.3) is 0 Å². The largest absolute Gasteiger partial charge is 0.381 e. The minimum absolute atomic E-state index is 0.0229. The lowest BCUT2D eigenvalue weighted by Gasteiger charge is -2.08. The van der Waals surface area contributed by atoms with Crippen LogP contribution in [-0.2, 0) is 14.3 Å². The maximum atomic E-state index is 11.9. The summed E-state index contributed by atoms with van der Waals surface area (Å²) in [7, 11) is 0. The van der Waals surface area contributed by atoms with Crippen molar-refractivity contribution in [3.63, 3.8) is 0 Å². The van der Waals surface area contributed by atoms with E-state index >= 15 is 0 Å². The van der Waals surface area contributed by atoms with E-state index in [1.54, 1.807) is 6.20 Å². The van der Waals surface area contributed by atoms with Crippen molar-refractivity contribution in [2.24, 2.45) is 5.92 Å². The quantitative estimate of drug-likeness (QED) is 0.863. The van der Waals surface area contributed by atoms with E-state index in [-0.39, 0.29) is 11.8 Å². The zero-order valence-electron chi connectivity index (χ0n) is 10.2. The Morgan fingerprint density at radius 1 is 1.33 bits per heavy atom. The topological polar surface area (TPSA) is 65.4 Å². The second kappa shape index (κ2) is 5.07. The Morgan fingerprint density at radius 3 is 2.89 bits per heavy atom. The molecule has 18 heavy (non-hydrogen) atoms. The summed E-state index contributed by atoms with van der Waals surface area (Å²) in [4.78, 5) is 11.9. The summed E-state index contributed by atoms with van der Waals surface area (Å²) in [5, 5.41) is 7.15. The van der Waals surface area contributed by atoms with Crippen LogP contribution in [0.5, 0.6) is 0 Å². The lowest BCUT2D eigenvalue weighted by Crippen LogP contribution is -2.22. The van der Waals surface area contributed by atoms with Gasteiger partial charge in [0.1, 0.15) is 0 Å². The molecule has 2 fully saturated rings. The average molecular weight is 251 g/mol. The monoisotopic (exact) mass is 251 g/mol. The van der Waals surface area contributed by atoms with E-state index in [4.69, 9.17) is 9.47 Å². The molecule has 1 N–H and O–H groups in total. The summed E-state index contributed by atoms with van der Waals surface area (Å²) in [5.74, 6) is -0.00196. The Morgan fingerprint density at radius 2 is 2.17 bits per heavy atom. The van der Waals surface area contributed by atoms with Crippen molar-refractivity contribution in [1.82, 2.24) is 9.78 Å². The number of hydrogen-bond donors (Lipinski definition) is 1. The fourth-order valence-corrected chi connectivity index (χ4v) is 2.32. The second-order valence-electron chi connectivity index (χ2n) is 4.78. The predicted molar refractivity (Wildman–Crippen MR) is 64.3 cm³/mol. The van der Waals surface area contributed by atoms with Gasteiger partial charge in [0.2, 0.25) is 5.91 Å². The first-order valence-corrected chi connectivity index (χ1v) is 6.33. The van der Waals surface area contributed by atoms with Crippen LogP contribution in [0.1, 0.15) is 18.9 Å². The van der Waals surface area contributed by atoms with Gasteiger partial charge in [-0.2, -0.15) is 5.10 Å². The van der Waals surface area contributed by atoms with E-state index in [1.165, 1.54) is 0 Å². The molecular weight excluding hydrogens is 234 g/mol. The fraction of sp³-hybridized carbons (Fsp3) is 0.667. The van der Waals surface area contributed by atoms with Gasteiger partial charge in [-0.05, 0) is 12.8 Å². The number of carbonyl (C=O) groups is 1. The van der Waals surface area contributed by atoms with Crippen LogP contribution in [0, 0.1) is 5.92 Å². The van der Waals surface area contributed by atoms with Crippen molar-refractivity contribution in [1.29, 1.82) is 0 Å². The number of ether oxygens (including phenoxy) is 2. The zero-order valence-corrected chi connectivity index (χ0v) is 10.2. The van der Waals surface area contributed by atoms with Crippen molar-refractivity contribution in [2.45, 2.75) is 18.9 Å². The molecule has 0 unspecified atom stereocenters. The molecule has 2 aliphatic rings. The van der Waals surface area contributed by atoms with Crippen LogP contribution in [0.3, 0.4) is 0 Å². The SMILES string of the molecule is O=C(Nc1cnn([C@@H]2CCOC2)c1)[C@@H]1CCOC1. The van der Waals surface area contributed by atoms with Gasteiger partial charge in [0.25, 0.3) is 0 Å². The van der Waals surface area contributed by atoms with E-state index in [1.807, 2.05) is 10.9 Å². The molecule has 2 atom stereocenters. The normalized spacial score (nSPS) is 27.6. The third kappa shape index (κ3) is 2.39. The van der Waals surface area contributed by atoms with Crippen molar-refractivity contribution in [3.8, 4) is 0 Å². The molecule has 1 aromatic heterocycles. The van der Waals surface area contributed by atoms with Crippen molar-refractivity contribution in [3.05, 3.63) is 12.4 Å². The fourth-order valence-electron chi connectivity index (χ4n) is 2.32. The Labute approximate surface area is 105 Å². The molecule has 6 nitrogen and oxygen atoms in total. The molecule has 0 aromatic carbocycles. The molecule has 2 saturated heterocycles. The molecule has 3 rings (SSSR count). The molecule has 2 aliphatic heterocycles. The molecule has 6 heteroatoms. The molecule has 0 saturated carbocycles. The van der Waals surface area contributed by atoms with Gasteiger partial charge >= 0.3 is 0 Å². The summed E-state index contributed by atoms with van der Waals surface area (Å²) in [6.07, 6.45) is 5.33. The number of aromatic nitrogens is 2. The van der Waals surface area contributed by atoms with E-state index in [9.17, 15) is 4.79 Å². The van der Waals surface area contributed by atoms with E-state index in [2.05, 4.69) is 10.4 Å². The van der Waals surface area contributed by atoms with Crippen LogP contribution in [-0.4, -0.2) is 42.1 Å². The number of rotatable bonds is 3. The first kappa shape index (κ1) is 11.7. The van der Waals surface area contributed by atoms with E-state index < -0.39 is 0 Å². The molecule has 0 radical (unpaired) electrons. The van der Waals surface area contributed by atoms with Crippen LogP contribution in [0.2, 0.25) is 0 Å².